The maximum absolute atomic E-state index is 6.01. The Labute approximate surface area is 181 Å². The number of aliphatic imine (C=N–C) groups is 1. The number of nitrogens with one attached hydrogen (secondary N) is 1. The van der Waals surface area contributed by atoms with E-state index in [0.717, 1.165) is 57.6 Å². The second-order valence-corrected chi connectivity index (χ2v) is 8.91. The molecule has 3 aliphatic heterocycles. The Morgan fingerprint density at radius 3 is 2.50 bits per heavy atom. The third-order valence-corrected chi connectivity index (χ3v) is 6.60. The van der Waals surface area contributed by atoms with Crippen molar-refractivity contribution in [3.63, 3.8) is 0 Å². The second-order valence-electron chi connectivity index (χ2n) is 8.91. The monoisotopic (exact) mass is 414 g/mol. The van der Waals surface area contributed by atoms with E-state index in [-0.39, 0.29) is 12.2 Å². The first-order valence-corrected chi connectivity index (χ1v) is 11.8. The number of piperidine rings is 1. The molecule has 166 valence electrons. The lowest BCUT2D eigenvalue weighted by Gasteiger charge is -2.37. The highest BCUT2D eigenvalue weighted by molar-refractivity contribution is 5.80. The van der Waals surface area contributed by atoms with E-state index >= 15 is 0 Å². The number of nitrogens with zero attached hydrogens (tertiary/aromatic N) is 3. The summed E-state index contributed by atoms with van der Waals surface area (Å²) in [4.78, 5) is 9.79. The van der Waals surface area contributed by atoms with Gasteiger partial charge in [-0.2, -0.15) is 0 Å². The zero-order valence-corrected chi connectivity index (χ0v) is 18.7. The number of anilines is 1. The van der Waals surface area contributed by atoms with Gasteiger partial charge in [0.15, 0.2) is 5.96 Å². The predicted octanol–water partition coefficient (Wildman–Crippen LogP) is 3.27. The van der Waals surface area contributed by atoms with Crippen LogP contribution in [0.15, 0.2) is 29.3 Å². The van der Waals surface area contributed by atoms with E-state index in [9.17, 15) is 0 Å². The first-order chi connectivity index (χ1) is 14.7. The fraction of sp³-hybridized carbons (Fsp3) is 0.708. The predicted molar refractivity (Wildman–Crippen MR) is 122 cm³/mol. The van der Waals surface area contributed by atoms with Crippen LogP contribution in [0.1, 0.15) is 45.1 Å². The van der Waals surface area contributed by atoms with Crippen LogP contribution in [0.5, 0.6) is 0 Å². The average Bonchev–Trinajstić information content (AvgIpc) is 3.33. The Morgan fingerprint density at radius 2 is 1.80 bits per heavy atom. The minimum Gasteiger partial charge on any atom is -0.375 e. The van der Waals surface area contributed by atoms with Crippen molar-refractivity contribution in [3.05, 3.63) is 29.8 Å². The molecule has 3 fully saturated rings. The van der Waals surface area contributed by atoms with Crippen LogP contribution in [0, 0.1) is 5.92 Å². The number of morpholine rings is 1. The standard InChI is InChI=1S/C24H38N4O2/c1-3-25-24(28-14-16-30-23(18-28)22-5-4-15-29-22)26-17-20-6-8-21(9-7-20)27-12-10-19(2)11-13-27/h6-9,19,22-23H,3-5,10-18H2,1-2H3,(H,25,26). The van der Waals surface area contributed by atoms with Crippen LogP contribution in [-0.2, 0) is 16.0 Å². The molecule has 0 amide bonds. The van der Waals surface area contributed by atoms with Crippen molar-refractivity contribution in [2.24, 2.45) is 10.9 Å². The second kappa shape index (κ2) is 10.5. The molecule has 3 saturated heterocycles. The molecule has 2 atom stereocenters. The highest BCUT2D eigenvalue weighted by atomic mass is 16.5. The van der Waals surface area contributed by atoms with Gasteiger partial charge in [-0.1, -0.05) is 19.1 Å². The third-order valence-electron chi connectivity index (χ3n) is 6.60. The summed E-state index contributed by atoms with van der Waals surface area (Å²) in [5, 5.41) is 3.47. The summed E-state index contributed by atoms with van der Waals surface area (Å²) in [5.74, 6) is 1.84. The van der Waals surface area contributed by atoms with Crippen molar-refractivity contribution < 1.29 is 9.47 Å². The van der Waals surface area contributed by atoms with E-state index in [1.807, 2.05) is 0 Å². The van der Waals surface area contributed by atoms with Gasteiger partial charge in [-0.3, -0.25) is 0 Å². The summed E-state index contributed by atoms with van der Waals surface area (Å²) in [6.45, 7) is 11.7. The van der Waals surface area contributed by atoms with Crippen LogP contribution in [0.2, 0.25) is 0 Å². The van der Waals surface area contributed by atoms with Gasteiger partial charge in [0.1, 0.15) is 6.10 Å². The van der Waals surface area contributed by atoms with Gasteiger partial charge in [-0.05, 0) is 56.2 Å². The van der Waals surface area contributed by atoms with Gasteiger partial charge in [0.2, 0.25) is 0 Å². The Kier molecular flexibility index (Phi) is 7.50. The summed E-state index contributed by atoms with van der Waals surface area (Å²) in [6, 6.07) is 8.98. The van der Waals surface area contributed by atoms with Gasteiger partial charge in [-0.15, -0.1) is 0 Å². The van der Waals surface area contributed by atoms with Crippen molar-refractivity contribution in [1.29, 1.82) is 0 Å². The quantitative estimate of drug-likeness (QED) is 0.592. The summed E-state index contributed by atoms with van der Waals surface area (Å²) >= 11 is 0. The fourth-order valence-corrected chi connectivity index (χ4v) is 4.66. The average molecular weight is 415 g/mol. The molecule has 0 radical (unpaired) electrons. The molecule has 1 aromatic rings. The van der Waals surface area contributed by atoms with Gasteiger partial charge in [0.25, 0.3) is 0 Å². The topological polar surface area (TPSA) is 49.3 Å². The van der Waals surface area contributed by atoms with Gasteiger partial charge in [0.05, 0.1) is 19.3 Å². The zero-order valence-electron chi connectivity index (χ0n) is 18.7. The molecule has 6 heteroatoms. The molecule has 0 aliphatic carbocycles. The highest BCUT2D eigenvalue weighted by Gasteiger charge is 2.32. The van der Waals surface area contributed by atoms with Gasteiger partial charge in [-0.25, -0.2) is 4.99 Å². The lowest BCUT2D eigenvalue weighted by Crippen LogP contribution is -2.53. The van der Waals surface area contributed by atoms with E-state index in [1.54, 1.807) is 0 Å². The van der Waals surface area contributed by atoms with Crippen LogP contribution < -0.4 is 10.2 Å². The molecule has 3 heterocycles. The Balaban J connectivity index is 1.36. The molecule has 0 spiro atoms. The minimum atomic E-state index is 0.150. The third kappa shape index (κ3) is 5.46. The van der Waals surface area contributed by atoms with Gasteiger partial charge in [0, 0.05) is 45.0 Å². The lowest BCUT2D eigenvalue weighted by atomic mass is 9.99. The van der Waals surface area contributed by atoms with Crippen LogP contribution in [0.25, 0.3) is 0 Å². The SMILES string of the molecule is CCNC(=NCc1ccc(N2CCC(C)CC2)cc1)N1CCOC(C2CCCO2)C1. The molecule has 1 aromatic carbocycles. The molecule has 1 N–H and O–H groups in total. The van der Waals surface area contributed by atoms with Crippen molar-refractivity contribution in [2.75, 3.05) is 50.8 Å². The van der Waals surface area contributed by atoms with Crippen molar-refractivity contribution in [1.82, 2.24) is 10.2 Å². The van der Waals surface area contributed by atoms with E-state index in [2.05, 4.69) is 53.2 Å². The van der Waals surface area contributed by atoms with Gasteiger partial charge < -0.3 is 24.6 Å². The molecule has 3 aliphatic rings. The lowest BCUT2D eigenvalue weighted by molar-refractivity contribution is -0.0817. The summed E-state index contributed by atoms with van der Waals surface area (Å²) in [7, 11) is 0. The number of ether oxygens (including phenoxy) is 2. The van der Waals surface area contributed by atoms with Crippen LogP contribution in [-0.4, -0.2) is 69.0 Å². The number of rotatable bonds is 5. The van der Waals surface area contributed by atoms with Gasteiger partial charge >= 0.3 is 0 Å². The summed E-state index contributed by atoms with van der Waals surface area (Å²) in [6.07, 6.45) is 5.23. The fourth-order valence-electron chi connectivity index (χ4n) is 4.66. The number of hydrogen-bond donors (Lipinski definition) is 1. The first kappa shape index (κ1) is 21.4. The number of guanidine groups is 1. The molecule has 4 rings (SSSR count). The van der Waals surface area contributed by atoms with Crippen LogP contribution in [0.3, 0.4) is 0 Å². The van der Waals surface area contributed by atoms with E-state index < -0.39 is 0 Å². The van der Waals surface area contributed by atoms with Crippen molar-refractivity contribution in [3.8, 4) is 0 Å². The molecule has 30 heavy (non-hydrogen) atoms. The van der Waals surface area contributed by atoms with E-state index in [1.165, 1.54) is 37.2 Å². The molecular weight excluding hydrogens is 376 g/mol. The number of benzene rings is 1. The minimum absolute atomic E-state index is 0.150. The highest BCUT2D eigenvalue weighted by Crippen LogP contribution is 2.24. The molecule has 6 nitrogen and oxygen atoms in total. The molecule has 0 aromatic heterocycles. The molecule has 2 unspecified atom stereocenters. The van der Waals surface area contributed by atoms with E-state index in [4.69, 9.17) is 14.5 Å². The number of hydrogen-bond acceptors (Lipinski definition) is 4. The van der Waals surface area contributed by atoms with Crippen molar-refractivity contribution >= 4 is 11.6 Å². The smallest absolute Gasteiger partial charge is 0.194 e. The maximum Gasteiger partial charge on any atom is 0.194 e. The maximum atomic E-state index is 6.01. The van der Waals surface area contributed by atoms with Crippen LogP contribution in [0.4, 0.5) is 5.69 Å². The molecule has 0 saturated carbocycles. The van der Waals surface area contributed by atoms with Crippen molar-refractivity contribution in [2.45, 2.75) is 58.3 Å². The molecular formula is C24H38N4O2. The normalized spacial score (nSPS) is 26.3. The summed E-state index contributed by atoms with van der Waals surface area (Å²) < 4.78 is 11.9. The van der Waals surface area contributed by atoms with E-state index in [0.29, 0.717) is 6.54 Å². The first-order valence-electron chi connectivity index (χ1n) is 11.8. The summed E-state index contributed by atoms with van der Waals surface area (Å²) in [5.41, 5.74) is 2.59. The Hall–Kier alpha value is -1.79. The largest absolute Gasteiger partial charge is 0.375 e. The van der Waals surface area contributed by atoms with Crippen LogP contribution >= 0.6 is 0 Å². The molecule has 0 bridgehead atoms. The Bertz CT molecular complexity index is 679. The Morgan fingerprint density at radius 1 is 1.03 bits per heavy atom. The zero-order chi connectivity index (χ0) is 20.8.